The molecule has 0 amide bonds. The number of para-hydroxylation sites is 1. The van der Waals surface area contributed by atoms with Crippen molar-refractivity contribution in [1.29, 1.82) is 0 Å². The summed E-state index contributed by atoms with van der Waals surface area (Å²) in [6, 6.07) is 14.6. The van der Waals surface area contributed by atoms with Crippen LogP contribution in [0, 0.1) is 5.82 Å². The van der Waals surface area contributed by atoms with Gasteiger partial charge in [-0.15, -0.1) is 0 Å². The average molecular weight is 338 g/mol. The van der Waals surface area contributed by atoms with Gasteiger partial charge in [0.15, 0.2) is 0 Å². The van der Waals surface area contributed by atoms with E-state index in [-0.39, 0.29) is 18.1 Å². The Morgan fingerprint density at radius 3 is 2.60 bits per heavy atom. The minimum atomic E-state index is -0.986. The molecule has 2 N–H and O–H groups in total. The molecular weight excluding hydrogens is 319 g/mol. The summed E-state index contributed by atoms with van der Waals surface area (Å²) >= 11 is 0. The van der Waals surface area contributed by atoms with Crippen LogP contribution in [-0.2, 0) is 13.1 Å². The third-order valence-corrected chi connectivity index (χ3v) is 4.71. The molecular formula is C20H19FN2O2. The summed E-state index contributed by atoms with van der Waals surface area (Å²) in [6.45, 7) is 0.704. The maximum atomic E-state index is 14.1. The predicted molar refractivity (Wildman–Crippen MR) is 94.3 cm³/mol. The topological polar surface area (TPSA) is 54.3 Å². The molecule has 25 heavy (non-hydrogen) atoms. The molecule has 0 unspecified atom stereocenters. The molecule has 0 aliphatic heterocycles. The molecule has 4 rings (SSSR count). The number of rotatable bonds is 6. The van der Waals surface area contributed by atoms with Gasteiger partial charge in [0.1, 0.15) is 11.5 Å². The number of carboxylic acid groups (broad SMARTS) is 1. The highest BCUT2D eigenvalue weighted by molar-refractivity contribution is 5.98. The number of nitrogens with one attached hydrogen (secondary N) is 1. The monoisotopic (exact) mass is 338 g/mol. The lowest BCUT2D eigenvalue weighted by atomic mass is 10.1. The molecule has 5 heteroatoms. The first-order chi connectivity index (χ1) is 12.1. The second-order valence-electron chi connectivity index (χ2n) is 6.48. The van der Waals surface area contributed by atoms with E-state index in [0.717, 1.165) is 29.3 Å². The van der Waals surface area contributed by atoms with Crippen LogP contribution in [0.15, 0.2) is 48.5 Å². The largest absolute Gasteiger partial charge is 0.477 e. The summed E-state index contributed by atoms with van der Waals surface area (Å²) in [7, 11) is 0. The van der Waals surface area contributed by atoms with E-state index in [1.807, 2.05) is 24.3 Å². The van der Waals surface area contributed by atoms with Crippen LogP contribution in [0.2, 0.25) is 0 Å². The van der Waals surface area contributed by atoms with E-state index in [9.17, 15) is 14.3 Å². The van der Waals surface area contributed by atoms with Crippen molar-refractivity contribution in [2.24, 2.45) is 0 Å². The summed E-state index contributed by atoms with van der Waals surface area (Å²) in [6.07, 6.45) is 2.27. The number of hydrogen-bond donors (Lipinski definition) is 2. The van der Waals surface area contributed by atoms with Gasteiger partial charge >= 0.3 is 5.97 Å². The molecule has 2 aromatic carbocycles. The zero-order chi connectivity index (χ0) is 17.4. The van der Waals surface area contributed by atoms with Gasteiger partial charge in [-0.1, -0.05) is 36.4 Å². The fourth-order valence-corrected chi connectivity index (χ4v) is 3.29. The predicted octanol–water partition coefficient (Wildman–Crippen LogP) is 3.78. The number of halogens is 1. The van der Waals surface area contributed by atoms with Crippen LogP contribution in [0.4, 0.5) is 4.39 Å². The highest BCUT2D eigenvalue weighted by Crippen LogP contribution is 2.29. The van der Waals surface area contributed by atoms with Crippen molar-refractivity contribution in [3.05, 3.63) is 71.2 Å². The van der Waals surface area contributed by atoms with Gasteiger partial charge in [0.25, 0.3) is 0 Å². The van der Waals surface area contributed by atoms with E-state index in [1.54, 1.807) is 22.8 Å². The van der Waals surface area contributed by atoms with E-state index in [1.165, 1.54) is 6.07 Å². The number of aromatic carboxylic acids is 1. The Kier molecular flexibility index (Phi) is 4.01. The zero-order valence-electron chi connectivity index (χ0n) is 13.7. The van der Waals surface area contributed by atoms with Crippen LogP contribution >= 0.6 is 0 Å². The Bertz CT molecular complexity index is 944. The number of benzene rings is 2. The van der Waals surface area contributed by atoms with Crippen molar-refractivity contribution in [1.82, 2.24) is 9.88 Å². The van der Waals surface area contributed by atoms with Crippen molar-refractivity contribution in [2.75, 3.05) is 0 Å². The standard InChI is InChI=1S/C20H19FN2O2/c21-17-7-3-1-5-13(17)12-23-18-8-4-2-6-15(18)16(19(23)20(24)25)11-22-14-9-10-14/h1-8,14,22H,9-12H2,(H,24,25). The molecule has 0 saturated heterocycles. The average Bonchev–Trinajstić information content (AvgIpc) is 3.38. The SMILES string of the molecule is O=C(O)c1c(CNC2CC2)c2ccccc2n1Cc1ccccc1F. The molecule has 1 aromatic heterocycles. The maximum Gasteiger partial charge on any atom is 0.352 e. The molecule has 0 spiro atoms. The number of carbonyl (C=O) groups is 1. The molecule has 3 aromatic rings. The summed E-state index contributed by atoms with van der Waals surface area (Å²) in [4.78, 5) is 12.0. The van der Waals surface area contributed by atoms with E-state index >= 15 is 0 Å². The number of aromatic nitrogens is 1. The molecule has 4 nitrogen and oxygen atoms in total. The quantitative estimate of drug-likeness (QED) is 0.719. The van der Waals surface area contributed by atoms with Gasteiger partial charge in [-0.2, -0.15) is 0 Å². The first-order valence-electron chi connectivity index (χ1n) is 8.45. The first-order valence-corrected chi connectivity index (χ1v) is 8.45. The molecule has 0 bridgehead atoms. The van der Waals surface area contributed by atoms with Gasteiger partial charge in [0.2, 0.25) is 0 Å². The minimum Gasteiger partial charge on any atom is -0.477 e. The fraction of sp³-hybridized carbons (Fsp3) is 0.250. The van der Waals surface area contributed by atoms with Gasteiger partial charge < -0.3 is 15.0 Å². The smallest absolute Gasteiger partial charge is 0.352 e. The number of hydrogen-bond acceptors (Lipinski definition) is 2. The zero-order valence-corrected chi connectivity index (χ0v) is 13.7. The Hall–Kier alpha value is -2.66. The molecule has 1 fully saturated rings. The summed E-state index contributed by atoms with van der Waals surface area (Å²) in [5.41, 5.74) is 2.30. The first kappa shape index (κ1) is 15.8. The third-order valence-electron chi connectivity index (χ3n) is 4.71. The maximum absolute atomic E-state index is 14.1. The van der Waals surface area contributed by atoms with Crippen LogP contribution in [0.5, 0.6) is 0 Å². The highest BCUT2D eigenvalue weighted by atomic mass is 19.1. The van der Waals surface area contributed by atoms with Crippen molar-refractivity contribution >= 4 is 16.9 Å². The number of nitrogens with zero attached hydrogens (tertiary/aromatic N) is 1. The highest BCUT2D eigenvalue weighted by Gasteiger charge is 2.25. The van der Waals surface area contributed by atoms with Gasteiger partial charge in [-0.05, 0) is 25.0 Å². The van der Waals surface area contributed by atoms with E-state index in [2.05, 4.69) is 5.32 Å². The number of carboxylic acids is 1. The molecule has 128 valence electrons. The molecule has 1 saturated carbocycles. The van der Waals surface area contributed by atoms with Crippen LogP contribution < -0.4 is 5.32 Å². The normalized spacial score (nSPS) is 14.1. The Balaban J connectivity index is 1.85. The lowest BCUT2D eigenvalue weighted by molar-refractivity contribution is 0.0684. The van der Waals surface area contributed by atoms with Gasteiger partial charge in [0.05, 0.1) is 6.54 Å². The van der Waals surface area contributed by atoms with Crippen LogP contribution in [-0.4, -0.2) is 21.7 Å². The van der Waals surface area contributed by atoms with Gasteiger partial charge in [-0.25, -0.2) is 9.18 Å². The summed E-state index contributed by atoms with van der Waals surface area (Å²) in [5, 5.41) is 14.1. The summed E-state index contributed by atoms with van der Waals surface area (Å²) in [5.74, 6) is -1.31. The molecule has 1 heterocycles. The van der Waals surface area contributed by atoms with E-state index in [4.69, 9.17) is 0 Å². The molecule has 1 aliphatic rings. The lowest BCUT2D eigenvalue weighted by Gasteiger charge is -2.10. The summed E-state index contributed by atoms with van der Waals surface area (Å²) < 4.78 is 15.8. The van der Waals surface area contributed by atoms with Crippen molar-refractivity contribution < 1.29 is 14.3 Å². The third kappa shape index (κ3) is 3.03. The van der Waals surface area contributed by atoms with E-state index in [0.29, 0.717) is 18.2 Å². The van der Waals surface area contributed by atoms with Crippen LogP contribution in [0.1, 0.15) is 34.5 Å². The minimum absolute atomic E-state index is 0.193. The van der Waals surface area contributed by atoms with E-state index < -0.39 is 5.97 Å². The molecule has 1 aliphatic carbocycles. The Morgan fingerprint density at radius 1 is 1.16 bits per heavy atom. The van der Waals surface area contributed by atoms with Crippen molar-refractivity contribution in [3.8, 4) is 0 Å². The fourth-order valence-electron chi connectivity index (χ4n) is 3.29. The number of fused-ring (bicyclic) bond motifs is 1. The van der Waals surface area contributed by atoms with Gasteiger partial charge in [0, 0.05) is 34.6 Å². The second-order valence-corrected chi connectivity index (χ2v) is 6.48. The second kappa shape index (κ2) is 6.33. The van der Waals surface area contributed by atoms with Crippen molar-refractivity contribution in [2.45, 2.75) is 32.0 Å². The van der Waals surface area contributed by atoms with Crippen LogP contribution in [0.3, 0.4) is 0 Å². The molecule has 0 atom stereocenters. The van der Waals surface area contributed by atoms with Crippen molar-refractivity contribution in [3.63, 3.8) is 0 Å². The van der Waals surface area contributed by atoms with Crippen LogP contribution in [0.25, 0.3) is 10.9 Å². The molecule has 0 radical (unpaired) electrons. The Labute approximate surface area is 144 Å². The Morgan fingerprint density at radius 2 is 1.88 bits per heavy atom. The lowest BCUT2D eigenvalue weighted by Crippen LogP contribution is -2.19. The van der Waals surface area contributed by atoms with Gasteiger partial charge in [-0.3, -0.25) is 0 Å².